The Morgan fingerprint density at radius 2 is 1.71 bits per heavy atom. The van der Waals surface area contributed by atoms with Crippen molar-refractivity contribution in [2.45, 2.75) is 38.7 Å². The number of pyridine rings is 1. The van der Waals surface area contributed by atoms with Gasteiger partial charge < -0.3 is 18.9 Å². The summed E-state index contributed by atoms with van der Waals surface area (Å²) in [6.45, 7) is 9.41. The highest BCUT2D eigenvalue weighted by Crippen LogP contribution is 2.41. The first-order valence-electron chi connectivity index (χ1n) is 10.9. The lowest BCUT2D eigenvalue weighted by molar-refractivity contribution is -0.274. The van der Waals surface area contributed by atoms with E-state index in [2.05, 4.69) is 9.72 Å². The molecule has 1 aromatic carbocycles. The van der Waals surface area contributed by atoms with E-state index >= 15 is 0 Å². The summed E-state index contributed by atoms with van der Waals surface area (Å²) >= 11 is 0. The highest BCUT2D eigenvalue weighted by atomic mass is 31.2. The minimum atomic E-state index is -4.79. The summed E-state index contributed by atoms with van der Waals surface area (Å²) < 4.78 is 61.6. The normalized spacial score (nSPS) is 15.3. The molecular formula is C23H26F3N4O4P. The Labute approximate surface area is 200 Å². The van der Waals surface area contributed by atoms with Crippen LogP contribution in [0.5, 0.6) is 5.75 Å². The van der Waals surface area contributed by atoms with Gasteiger partial charge in [-0.05, 0) is 64.4 Å². The van der Waals surface area contributed by atoms with Crippen molar-refractivity contribution in [3.63, 3.8) is 0 Å². The van der Waals surface area contributed by atoms with Crippen molar-refractivity contribution < 1.29 is 32.0 Å². The summed E-state index contributed by atoms with van der Waals surface area (Å²) in [5.41, 5.74) is 0.905. The second-order valence-electron chi connectivity index (χ2n) is 9.80. The number of halogens is 3. The smallest absolute Gasteiger partial charge is 0.444 e. The van der Waals surface area contributed by atoms with Crippen molar-refractivity contribution in [2.24, 2.45) is 0 Å². The molecule has 0 spiro atoms. The van der Waals surface area contributed by atoms with Gasteiger partial charge >= 0.3 is 12.5 Å². The zero-order valence-corrected chi connectivity index (χ0v) is 20.9. The van der Waals surface area contributed by atoms with E-state index in [1.807, 2.05) is 0 Å². The maximum Gasteiger partial charge on any atom is 0.573 e. The van der Waals surface area contributed by atoms with Crippen LogP contribution < -0.4 is 10.0 Å². The second kappa shape index (κ2) is 8.55. The topological polar surface area (TPSA) is 86.6 Å². The molecule has 4 rings (SSSR count). The summed E-state index contributed by atoms with van der Waals surface area (Å²) in [6, 6.07) is 6.97. The molecule has 2 aromatic heterocycles. The Kier molecular flexibility index (Phi) is 6.12. The highest BCUT2D eigenvalue weighted by molar-refractivity contribution is 7.70. The average molecular weight is 510 g/mol. The van der Waals surface area contributed by atoms with Gasteiger partial charge in [-0.3, -0.25) is 0 Å². The molecule has 0 aliphatic carbocycles. The molecule has 0 radical (unpaired) electrons. The van der Waals surface area contributed by atoms with Crippen molar-refractivity contribution in [3.8, 4) is 11.4 Å². The molecule has 35 heavy (non-hydrogen) atoms. The van der Waals surface area contributed by atoms with Crippen molar-refractivity contribution in [1.82, 2.24) is 19.7 Å². The van der Waals surface area contributed by atoms with Gasteiger partial charge in [-0.2, -0.15) is 5.10 Å². The van der Waals surface area contributed by atoms with E-state index < -0.39 is 25.2 Å². The first-order chi connectivity index (χ1) is 16.1. The van der Waals surface area contributed by atoms with Gasteiger partial charge in [0.05, 0.1) is 16.8 Å². The molecule has 8 nitrogen and oxygen atoms in total. The van der Waals surface area contributed by atoms with Gasteiger partial charge in [-0.15, -0.1) is 13.2 Å². The van der Waals surface area contributed by atoms with Gasteiger partial charge in [-0.1, -0.05) is 0 Å². The molecule has 3 heterocycles. The van der Waals surface area contributed by atoms with E-state index in [0.717, 1.165) is 0 Å². The minimum Gasteiger partial charge on any atom is -0.444 e. The van der Waals surface area contributed by atoms with Crippen molar-refractivity contribution in [2.75, 3.05) is 26.4 Å². The predicted octanol–water partition coefficient (Wildman–Crippen LogP) is 4.90. The third-order valence-electron chi connectivity index (χ3n) is 5.39. The van der Waals surface area contributed by atoms with Crippen LogP contribution in [0.2, 0.25) is 0 Å². The summed E-state index contributed by atoms with van der Waals surface area (Å²) in [6.07, 6.45) is -3.68. The molecule has 1 amide bonds. The minimum absolute atomic E-state index is 0.145. The van der Waals surface area contributed by atoms with E-state index in [1.54, 1.807) is 45.1 Å². The molecular weight excluding hydrogens is 484 g/mol. The Balaban J connectivity index is 1.72. The predicted molar refractivity (Wildman–Crippen MR) is 125 cm³/mol. The fraction of sp³-hybridized carbons (Fsp3) is 0.435. The van der Waals surface area contributed by atoms with Crippen LogP contribution in [-0.2, 0) is 9.30 Å². The van der Waals surface area contributed by atoms with Gasteiger partial charge in [0.15, 0.2) is 5.65 Å². The average Bonchev–Trinajstić information content (AvgIpc) is 3.03. The van der Waals surface area contributed by atoms with Crippen LogP contribution in [0.4, 0.5) is 18.0 Å². The number of likely N-dealkylation sites (tertiary alicyclic amines) is 1. The van der Waals surface area contributed by atoms with E-state index in [9.17, 15) is 22.5 Å². The number of hydrogen-bond acceptors (Lipinski definition) is 6. The molecule has 1 aliphatic rings. The number of ether oxygens (including phenoxy) is 2. The summed E-state index contributed by atoms with van der Waals surface area (Å²) in [7, 11) is -2.73. The number of nitrogens with zero attached hydrogens (tertiary/aromatic N) is 4. The molecule has 0 atom stereocenters. The monoisotopic (exact) mass is 510 g/mol. The Morgan fingerprint density at radius 3 is 2.26 bits per heavy atom. The maximum atomic E-state index is 13.1. The second-order valence-corrected chi connectivity index (χ2v) is 13.0. The number of fused-ring (bicyclic) bond motifs is 1. The number of alkyl halides is 3. The van der Waals surface area contributed by atoms with Crippen LogP contribution >= 0.6 is 7.14 Å². The van der Waals surface area contributed by atoms with E-state index in [4.69, 9.17) is 9.84 Å². The first-order valence-corrected chi connectivity index (χ1v) is 13.5. The fourth-order valence-corrected chi connectivity index (χ4v) is 5.06. The number of carbonyl (C=O) groups excluding carboxylic acids is 1. The lowest BCUT2D eigenvalue weighted by Gasteiger charge is -2.39. The third kappa shape index (κ3) is 5.45. The lowest BCUT2D eigenvalue weighted by atomic mass is 9.95. The molecule has 12 heteroatoms. The molecule has 3 aromatic rings. The number of aromatic nitrogens is 3. The summed E-state index contributed by atoms with van der Waals surface area (Å²) in [5, 5.41) is 5.96. The van der Waals surface area contributed by atoms with E-state index in [-0.39, 0.29) is 11.7 Å². The quantitative estimate of drug-likeness (QED) is 0.464. The molecule has 1 fully saturated rings. The first kappa shape index (κ1) is 25.0. The fourth-order valence-electron chi connectivity index (χ4n) is 3.88. The Bertz CT molecular complexity index is 1300. The van der Waals surface area contributed by atoms with Crippen molar-refractivity contribution >= 4 is 29.6 Å². The van der Waals surface area contributed by atoms with Crippen molar-refractivity contribution in [1.29, 1.82) is 0 Å². The van der Waals surface area contributed by atoms with E-state index in [0.29, 0.717) is 40.8 Å². The summed E-state index contributed by atoms with van der Waals surface area (Å²) in [5.74, 6) is -0.501. The van der Waals surface area contributed by atoms with E-state index in [1.165, 1.54) is 35.1 Å². The van der Waals surface area contributed by atoms with Crippen LogP contribution in [0.25, 0.3) is 16.7 Å². The third-order valence-corrected chi connectivity index (χ3v) is 6.92. The van der Waals surface area contributed by atoms with Gasteiger partial charge in [0.2, 0.25) is 0 Å². The standard InChI is InChI=1S/C23H26F3N4O4P/c1-22(2,3)34-21(31)29-12-14(13-29)19-18-17(35(4,5)32)10-11-27-20(18)30(28-19)15-6-8-16(9-7-15)33-23(24,25)26/h6-11,14H,12-13H2,1-5H3. The van der Waals surface area contributed by atoms with Gasteiger partial charge in [0, 0.05) is 30.5 Å². The lowest BCUT2D eigenvalue weighted by Crippen LogP contribution is -2.50. The van der Waals surface area contributed by atoms with Crippen LogP contribution in [0.3, 0.4) is 0 Å². The number of amides is 1. The molecule has 1 aliphatic heterocycles. The molecule has 0 N–H and O–H groups in total. The molecule has 1 saturated heterocycles. The molecule has 0 unspecified atom stereocenters. The van der Waals surface area contributed by atoms with Crippen molar-refractivity contribution in [3.05, 3.63) is 42.2 Å². The number of hydrogen-bond donors (Lipinski definition) is 0. The number of benzene rings is 1. The largest absolute Gasteiger partial charge is 0.573 e. The Hall–Kier alpha value is -3.07. The van der Waals surface area contributed by atoms with Crippen LogP contribution in [0, 0.1) is 0 Å². The molecule has 188 valence electrons. The molecule has 0 bridgehead atoms. The zero-order valence-electron chi connectivity index (χ0n) is 20.0. The van der Waals surface area contributed by atoms with Crippen LogP contribution in [-0.4, -0.2) is 64.1 Å². The number of rotatable bonds is 4. The maximum absolute atomic E-state index is 13.1. The Morgan fingerprint density at radius 1 is 1.09 bits per heavy atom. The van der Waals surface area contributed by atoms with Gasteiger partial charge in [0.1, 0.15) is 18.5 Å². The van der Waals surface area contributed by atoms with Gasteiger partial charge in [0.25, 0.3) is 0 Å². The summed E-state index contributed by atoms with van der Waals surface area (Å²) in [4.78, 5) is 18.4. The van der Waals surface area contributed by atoms with Crippen LogP contribution in [0.1, 0.15) is 32.4 Å². The number of carbonyl (C=O) groups is 1. The SMILES string of the molecule is CC(C)(C)OC(=O)N1CC(c2nn(-c3ccc(OC(F)(F)F)cc3)c3nccc(P(C)(C)=O)c23)C1. The highest BCUT2D eigenvalue weighted by Gasteiger charge is 2.38. The molecule has 0 saturated carbocycles. The van der Waals surface area contributed by atoms with Crippen LogP contribution in [0.15, 0.2) is 36.5 Å². The van der Waals surface area contributed by atoms with Gasteiger partial charge in [-0.25, -0.2) is 14.5 Å². The zero-order chi connectivity index (χ0) is 25.8.